The number of hydrogen-bond donors (Lipinski definition) is 1. The summed E-state index contributed by atoms with van der Waals surface area (Å²) in [5, 5.41) is 3.09. The van der Waals surface area contributed by atoms with Gasteiger partial charge in [0.25, 0.3) is 0 Å². The highest BCUT2D eigenvalue weighted by atomic mass is 32.2. The molecule has 8 nitrogen and oxygen atoms in total. The second-order valence-electron chi connectivity index (χ2n) is 10.3. The van der Waals surface area contributed by atoms with Crippen molar-refractivity contribution >= 4 is 27.5 Å². The third kappa shape index (κ3) is 7.85. The van der Waals surface area contributed by atoms with Crippen molar-refractivity contribution in [3.63, 3.8) is 0 Å². The van der Waals surface area contributed by atoms with Crippen molar-refractivity contribution in [2.45, 2.75) is 50.7 Å². The van der Waals surface area contributed by atoms with Crippen LogP contribution in [0.2, 0.25) is 0 Å². The molecule has 0 aromatic heterocycles. The maximum atomic E-state index is 14.9. The minimum absolute atomic E-state index is 0.00714. The lowest BCUT2D eigenvalue weighted by Gasteiger charge is -2.34. The van der Waals surface area contributed by atoms with E-state index < -0.39 is 34.3 Å². The number of nitrogens with one attached hydrogen (secondary N) is 1. The number of carbonyl (C=O) groups is 2. The fourth-order valence-electron chi connectivity index (χ4n) is 5.16. The summed E-state index contributed by atoms with van der Waals surface area (Å²) in [5.74, 6) is -1.25. The maximum absolute atomic E-state index is 14.9. The zero-order chi connectivity index (χ0) is 29.4. The average Bonchev–Trinajstić information content (AvgIpc) is 3.47. The van der Waals surface area contributed by atoms with Crippen LogP contribution in [-0.2, 0) is 32.6 Å². The number of methoxy groups -OCH3 is 1. The molecule has 1 saturated carbocycles. The molecule has 218 valence electrons. The molecule has 1 atom stereocenters. The van der Waals surface area contributed by atoms with Gasteiger partial charge in [-0.25, -0.2) is 12.8 Å². The van der Waals surface area contributed by atoms with Gasteiger partial charge in [-0.3, -0.25) is 13.9 Å². The lowest BCUT2D eigenvalue weighted by atomic mass is 10.0. The van der Waals surface area contributed by atoms with Crippen molar-refractivity contribution < 1.29 is 27.1 Å². The highest BCUT2D eigenvalue weighted by Gasteiger charge is 2.35. The molecule has 1 unspecified atom stereocenters. The van der Waals surface area contributed by atoms with Crippen molar-refractivity contribution in [1.82, 2.24) is 10.2 Å². The molecule has 1 aliphatic rings. The maximum Gasteiger partial charge on any atom is 0.244 e. The van der Waals surface area contributed by atoms with E-state index in [1.807, 2.05) is 30.3 Å². The number of anilines is 1. The Labute approximate surface area is 241 Å². The lowest BCUT2D eigenvalue weighted by molar-refractivity contribution is -0.140. The minimum atomic E-state index is -3.95. The van der Waals surface area contributed by atoms with Crippen LogP contribution in [0.5, 0.6) is 5.75 Å². The Morgan fingerprint density at radius 3 is 2.27 bits per heavy atom. The first-order valence-corrected chi connectivity index (χ1v) is 15.5. The van der Waals surface area contributed by atoms with E-state index in [-0.39, 0.29) is 41.9 Å². The summed E-state index contributed by atoms with van der Waals surface area (Å²) in [6.45, 7) is -0.819. The minimum Gasteiger partial charge on any atom is -0.495 e. The Bertz CT molecular complexity index is 1440. The smallest absolute Gasteiger partial charge is 0.244 e. The summed E-state index contributed by atoms with van der Waals surface area (Å²) in [7, 11) is -2.54. The Balaban J connectivity index is 1.75. The van der Waals surface area contributed by atoms with E-state index in [4.69, 9.17) is 4.74 Å². The molecule has 0 aliphatic heterocycles. The molecule has 4 rings (SSSR count). The summed E-state index contributed by atoms with van der Waals surface area (Å²) in [4.78, 5) is 29.3. The van der Waals surface area contributed by atoms with Gasteiger partial charge >= 0.3 is 0 Å². The van der Waals surface area contributed by atoms with Crippen molar-refractivity contribution in [2.24, 2.45) is 0 Å². The number of benzene rings is 3. The molecule has 41 heavy (non-hydrogen) atoms. The number of hydrogen-bond acceptors (Lipinski definition) is 5. The molecule has 0 saturated heterocycles. The van der Waals surface area contributed by atoms with E-state index in [1.165, 1.54) is 18.1 Å². The zero-order valence-corrected chi connectivity index (χ0v) is 24.1. The average molecular weight is 582 g/mol. The van der Waals surface area contributed by atoms with Crippen LogP contribution < -0.4 is 14.4 Å². The summed E-state index contributed by atoms with van der Waals surface area (Å²) in [5.41, 5.74) is 1.22. The first-order chi connectivity index (χ1) is 19.7. The van der Waals surface area contributed by atoms with Gasteiger partial charge in [0.15, 0.2) is 0 Å². The van der Waals surface area contributed by atoms with Crippen molar-refractivity contribution in [3.05, 3.63) is 95.8 Å². The molecular formula is C31H36FN3O5S. The van der Waals surface area contributed by atoms with Crippen LogP contribution in [0.1, 0.15) is 36.8 Å². The van der Waals surface area contributed by atoms with Gasteiger partial charge in [0.05, 0.1) is 19.1 Å². The number of rotatable bonds is 12. The van der Waals surface area contributed by atoms with Gasteiger partial charge in [-0.05, 0) is 36.6 Å². The molecule has 3 aromatic carbocycles. The number of para-hydroxylation sites is 2. The van der Waals surface area contributed by atoms with Crippen molar-refractivity contribution in [2.75, 3.05) is 24.2 Å². The second-order valence-corrected chi connectivity index (χ2v) is 12.2. The van der Waals surface area contributed by atoms with E-state index >= 15 is 0 Å². The predicted octanol–water partition coefficient (Wildman–Crippen LogP) is 4.30. The first-order valence-electron chi connectivity index (χ1n) is 13.6. The Morgan fingerprint density at radius 1 is 0.976 bits per heavy atom. The van der Waals surface area contributed by atoms with E-state index in [1.54, 1.807) is 42.5 Å². The van der Waals surface area contributed by atoms with Gasteiger partial charge in [0.2, 0.25) is 21.8 Å². The number of halogens is 1. The van der Waals surface area contributed by atoms with Crippen molar-refractivity contribution in [1.29, 1.82) is 0 Å². The third-order valence-corrected chi connectivity index (χ3v) is 8.43. The summed E-state index contributed by atoms with van der Waals surface area (Å²) in [6.07, 6.45) is 4.89. The van der Waals surface area contributed by atoms with Crippen LogP contribution in [0.4, 0.5) is 10.1 Å². The molecular weight excluding hydrogens is 545 g/mol. The number of ether oxygens (including phenoxy) is 1. The largest absolute Gasteiger partial charge is 0.495 e. The van der Waals surface area contributed by atoms with Crippen LogP contribution >= 0.6 is 0 Å². The molecule has 1 fully saturated rings. The SMILES string of the molecule is COc1ccccc1N(CC(=O)N(Cc1ccccc1F)C(Cc1ccccc1)C(=O)NC1CCCC1)S(C)(=O)=O. The van der Waals surface area contributed by atoms with Gasteiger partial charge in [-0.15, -0.1) is 0 Å². The Hall–Kier alpha value is -3.92. The highest BCUT2D eigenvalue weighted by Crippen LogP contribution is 2.30. The molecule has 0 heterocycles. The van der Waals surface area contributed by atoms with E-state index in [2.05, 4.69) is 5.32 Å². The second kappa shape index (κ2) is 13.6. The molecule has 1 N–H and O–H groups in total. The molecule has 1 aliphatic carbocycles. The fourth-order valence-corrected chi connectivity index (χ4v) is 6.02. The summed E-state index contributed by atoms with van der Waals surface area (Å²) >= 11 is 0. The molecule has 0 spiro atoms. The zero-order valence-electron chi connectivity index (χ0n) is 23.3. The van der Waals surface area contributed by atoms with Gasteiger partial charge in [0.1, 0.15) is 24.2 Å². The Kier molecular flexibility index (Phi) is 9.99. The summed E-state index contributed by atoms with van der Waals surface area (Å²) < 4.78 is 47.1. The van der Waals surface area contributed by atoms with Crippen LogP contribution in [0.25, 0.3) is 0 Å². The van der Waals surface area contributed by atoms with Crippen LogP contribution in [0, 0.1) is 5.82 Å². The third-order valence-electron chi connectivity index (χ3n) is 7.30. The molecule has 10 heteroatoms. The molecule has 0 bridgehead atoms. The normalized spacial score (nSPS) is 14.3. The number of sulfonamides is 1. The van der Waals surface area contributed by atoms with Crippen LogP contribution in [0.15, 0.2) is 78.9 Å². The fraction of sp³-hybridized carbons (Fsp3) is 0.355. The summed E-state index contributed by atoms with van der Waals surface area (Å²) in [6, 6.07) is 20.8. The quantitative estimate of drug-likeness (QED) is 0.344. The van der Waals surface area contributed by atoms with Gasteiger partial charge < -0.3 is 15.0 Å². The highest BCUT2D eigenvalue weighted by molar-refractivity contribution is 7.92. The molecule has 3 aromatic rings. The van der Waals surface area contributed by atoms with E-state index in [0.717, 1.165) is 41.8 Å². The molecule has 2 amide bonds. The molecule has 0 radical (unpaired) electrons. The monoisotopic (exact) mass is 581 g/mol. The van der Waals surface area contributed by atoms with Crippen molar-refractivity contribution in [3.8, 4) is 5.75 Å². The van der Waals surface area contributed by atoms with Gasteiger partial charge in [-0.1, -0.05) is 73.5 Å². The number of carbonyl (C=O) groups excluding carboxylic acids is 2. The van der Waals surface area contributed by atoms with Gasteiger partial charge in [0, 0.05) is 24.6 Å². The number of amides is 2. The predicted molar refractivity (Wildman–Crippen MR) is 156 cm³/mol. The Morgan fingerprint density at radius 2 is 1.61 bits per heavy atom. The first kappa shape index (κ1) is 30.0. The topological polar surface area (TPSA) is 96.0 Å². The number of nitrogens with zero attached hydrogens (tertiary/aromatic N) is 2. The lowest BCUT2D eigenvalue weighted by Crippen LogP contribution is -2.54. The standard InChI is InChI=1S/C31H36FN3O5S/c1-40-29-19-11-10-18-27(29)35(41(2,38)39)22-30(36)34(21-24-14-6-9-17-26(24)32)28(20-23-12-4-3-5-13-23)31(37)33-25-15-7-8-16-25/h3-6,9-14,17-19,25,28H,7-8,15-16,20-22H2,1-2H3,(H,33,37). The van der Waals surface area contributed by atoms with E-state index in [9.17, 15) is 22.4 Å². The van der Waals surface area contributed by atoms with E-state index in [0.29, 0.717) is 0 Å². The van der Waals surface area contributed by atoms with Crippen LogP contribution in [0.3, 0.4) is 0 Å². The van der Waals surface area contributed by atoms with Crippen LogP contribution in [-0.4, -0.2) is 57.1 Å². The van der Waals surface area contributed by atoms with Gasteiger partial charge in [-0.2, -0.15) is 0 Å².